The van der Waals surface area contributed by atoms with E-state index in [0.29, 0.717) is 13.1 Å². The number of nitrogens with zero attached hydrogens (tertiary/aromatic N) is 1. The third-order valence-corrected chi connectivity index (χ3v) is 5.07. The molecule has 1 aromatic rings. The number of nitrogens with one attached hydrogen (secondary N) is 1. The van der Waals surface area contributed by atoms with E-state index in [-0.39, 0.29) is 16.6 Å². The number of sulfone groups is 1. The molecule has 0 saturated heterocycles. The number of hydrogen-bond donors (Lipinski definition) is 1. The molecule has 0 saturated carbocycles. The van der Waals surface area contributed by atoms with Gasteiger partial charge in [-0.3, -0.25) is 4.79 Å². The Hall–Kier alpha value is -1.47. The highest BCUT2D eigenvalue weighted by molar-refractivity contribution is 7.91. The van der Waals surface area contributed by atoms with Crippen molar-refractivity contribution >= 4 is 15.7 Å². The van der Waals surface area contributed by atoms with E-state index in [9.17, 15) is 17.6 Å². The van der Waals surface area contributed by atoms with Crippen LogP contribution in [-0.4, -0.2) is 52.2 Å². The number of amides is 1. The van der Waals surface area contributed by atoms with E-state index in [1.807, 2.05) is 0 Å². The van der Waals surface area contributed by atoms with Crippen LogP contribution < -0.4 is 5.32 Å². The summed E-state index contributed by atoms with van der Waals surface area (Å²) in [5, 5.41) is 2.92. The minimum absolute atomic E-state index is 0.0291. The average molecular weight is 316 g/mol. The number of benzene rings is 1. The standard InChI is InChI=1S/C14H21FN2O3S/c1-11(14(18)17(3)9-8-16-2)10-21(19,20)13-6-4-12(15)5-7-13/h4-7,11,16H,8-10H2,1-3H3. The molecule has 0 aliphatic carbocycles. The molecule has 1 rings (SSSR count). The summed E-state index contributed by atoms with van der Waals surface area (Å²) in [6.45, 7) is 2.73. The van der Waals surface area contributed by atoms with Crippen molar-refractivity contribution < 1.29 is 17.6 Å². The highest BCUT2D eigenvalue weighted by Crippen LogP contribution is 2.16. The van der Waals surface area contributed by atoms with Crippen molar-refractivity contribution in [2.45, 2.75) is 11.8 Å². The second-order valence-electron chi connectivity index (χ2n) is 5.00. The molecule has 21 heavy (non-hydrogen) atoms. The van der Waals surface area contributed by atoms with Crippen LogP contribution in [0.1, 0.15) is 6.92 Å². The van der Waals surface area contributed by atoms with E-state index in [1.165, 1.54) is 17.0 Å². The fraction of sp³-hybridized carbons (Fsp3) is 0.500. The van der Waals surface area contributed by atoms with Crippen molar-refractivity contribution in [2.75, 3.05) is 32.9 Å². The van der Waals surface area contributed by atoms with Crippen LogP contribution in [-0.2, 0) is 14.6 Å². The van der Waals surface area contributed by atoms with Crippen LogP contribution in [0, 0.1) is 11.7 Å². The Morgan fingerprint density at radius 3 is 2.43 bits per heavy atom. The number of hydrogen-bond acceptors (Lipinski definition) is 4. The molecule has 1 unspecified atom stereocenters. The molecule has 0 aliphatic heterocycles. The summed E-state index contributed by atoms with van der Waals surface area (Å²) in [7, 11) is -0.187. The van der Waals surface area contributed by atoms with Gasteiger partial charge in [0.25, 0.3) is 0 Å². The van der Waals surface area contributed by atoms with Crippen molar-refractivity contribution in [1.29, 1.82) is 0 Å². The first kappa shape index (κ1) is 17.6. The number of halogens is 1. The van der Waals surface area contributed by atoms with Crippen LogP contribution in [0.4, 0.5) is 4.39 Å². The van der Waals surface area contributed by atoms with Gasteiger partial charge in [-0.2, -0.15) is 0 Å². The molecule has 0 heterocycles. The molecule has 0 fully saturated rings. The maximum Gasteiger partial charge on any atom is 0.226 e. The first-order valence-electron chi connectivity index (χ1n) is 6.66. The van der Waals surface area contributed by atoms with Crippen LogP contribution in [0.15, 0.2) is 29.2 Å². The van der Waals surface area contributed by atoms with Gasteiger partial charge in [0.15, 0.2) is 9.84 Å². The average Bonchev–Trinajstić information content (AvgIpc) is 2.43. The van der Waals surface area contributed by atoms with Crippen molar-refractivity contribution in [3.05, 3.63) is 30.1 Å². The van der Waals surface area contributed by atoms with Gasteiger partial charge in [-0.05, 0) is 31.3 Å². The fourth-order valence-corrected chi connectivity index (χ4v) is 3.45. The molecule has 7 heteroatoms. The van der Waals surface area contributed by atoms with Gasteiger partial charge in [0, 0.05) is 26.1 Å². The third-order valence-electron chi connectivity index (χ3n) is 3.14. The highest BCUT2D eigenvalue weighted by atomic mass is 32.2. The van der Waals surface area contributed by atoms with Gasteiger partial charge in [-0.15, -0.1) is 0 Å². The predicted octanol–water partition coefficient (Wildman–Crippen LogP) is 0.913. The smallest absolute Gasteiger partial charge is 0.226 e. The zero-order chi connectivity index (χ0) is 16.0. The number of carbonyl (C=O) groups is 1. The first-order valence-corrected chi connectivity index (χ1v) is 8.31. The summed E-state index contributed by atoms with van der Waals surface area (Å²) in [4.78, 5) is 13.6. The molecule has 0 spiro atoms. The molecular weight excluding hydrogens is 295 g/mol. The molecule has 1 atom stereocenters. The Morgan fingerprint density at radius 2 is 1.90 bits per heavy atom. The summed E-state index contributed by atoms with van der Waals surface area (Å²) in [5.74, 6) is -1.66. The van der Waals surface area contributed by atoms with Gasteiger partial charge in [0.05, 0.1) is 10.6 Å². The quantitative estimate of drug-likeness (QED) is 0.760. The largest absolute Gasteiger partial charge is 0.344 e. The Labute approximate surface area is 125 Å². The van der Waals surface area contributed by atoms with E-state index in [2.05, 4.69) is 5.32 Å². The summed E-state index contributed by atoms with van der Waals surface area (Å²) < 4.78 is 37.2. The third kappa shape index (κ3) is 5.09. The van der Waals surface area contributed by atoms with Gasteiger partial charge in [-0.25, -0.2) is 12.8 Å². The SMILES string of the molecule is CNCCN(C)C(=O)C(C)CS(=O)(=O)c1ccc(F)cc1. The Bertz CT molecular complexity index is 572. The van der Waals surface area contributed by atoms with Crippen molar-refractivity contribution in [2.24, 2.45) is 5.92 Å². The zero-order valence-electron chi connectivity index (χ0n) is 12.5. The van der Waals surface area contributed by atoms with E-state index < -0.39 is 21.6 Å². The van der Waals surface area contributed by atoms with Gasteiger partial charge in [0.2, 0.25) is 5.91 Å². The minimum atomic E-state index is -3.61. The second-order valence-corrected chi connectivity index (χ2v) is 7.03. The lowest BCUT2D eigenvalue weighted by Crippen LogP contribution is -2.38. The second kappa shape index (κ2) is 7.51. The Kier molecular flexibility index (Phi) is 6.29. The van der Waals surface area contributed by atoms with Crippen LogP contribution in [0.5, 0.6) is 0 Å². The Morgan fingerprint density at radius 1 is 1.33 bits per heavy atom. The monoisotopic (exact) mass is 316 g/mol. The summed E-state index contributed by atoms with van der Waals surface area (Å²) >= 11 is 0. The molecular formula is C14H21FN2O3S. The van der Waals surface area contributed by atoms with Crippen LogP contribution in [0.3, 0.4) is 0 Å². The molecule has 0 radical (unpaired) electrons. The Balaban J connectivity index is 2.74. The maximum atomic E-state index is 12.8. The molecule has 5 nitrogen and oxygen atoms in total. The summed E-state index contributed by atoms with van der Waals surface area (Å²) in [6.07, 6.45) is 0. The molecule has 1 amide bonds. The number of carbonyl (C=O) groups excluding carboxylic acids is 1. The van der Waals surface area contributed by atoms with Crippen LogP contribution in [0.25, 0.3) is 0 Å². The minimum Gasteiger partial charge on any atom is -0.344 e. The lowest BCUT2D eigenvalue weighted by atomic mass is 10.2. The van der Waals surface area contributed by atoms with E-state index in [1.54, 1.807) is 21.0 Å². The van der Waals surface area contributed by atoms with Crippen LogP contribution >= 0.6 is 0 Å². The van der Waals surface area contributed by atoms with E-state index in [4.69, 9.17) is 0 Å². The molecule has 1 N–H and O–H groups in total. The maximum absolute atomic E-state index is 12.8. The number of rotatable bonds is 7. The topological polar surface area (TPSA) is 66.5 Å². The van der Waals surface area contributed by atoms with Gasteiger partial charge >= 0.3 is 0 Å². The molecule has 0 bridgehead atoms. The predicted molar refractivity (Wildman–Crippen MR) is 79.2 cm³/mol. The lowest BCUT2D eigenvalue weighted by molar-refractivity contribution is -0.132. The van der Waals surface area contributed by atoms with Gasteiger partial charge in [-0.1, -0.05) is 6.92 Å². The summed E-state index contributed by atoms with van der Waals surface area (Å²) in [6, 6.07) is 4.62. The van der Waals surface area contributed by atoms with E-state index in [0.717, 1.165) is 12.1 Å². The molecule has 118 valence electrons. The molecule has 0 aromatic heterocycles. The highest BCUT2D eigenvalue weighted by Gasteiger charge is 2.25. The summed E-state index contributed by atoms with van der Waals surface area (Å²) in [5.41, 5.74) is 0. The molecule has 1 aromatic carbocycles. The first-order chi connectivity index (χ1) is 9.77. The molecule has 0 aliphatic rings. The van der Waals surface area contributed by atoms with Gasteiger partial charge in [0.1, 0.15) is 5.82 Å². The number of likely N-dealkylation sites (N-methyl/N-ethyl adjacent to an activating group) is 2. The normalized spacial score (nSPS) is 13.0. The van der Waals surface area contributed by atoms with Crippen molar-refractivity contribution in [1.82, 2.24) is 10.2 Å². The van der Waals surface area contributed by atoms with E-state index >= 15 is 0 Å². The lowest BCUT2D eigenvalue weighted by Gasteiger charge is -2.21. The van der Waals surface area contributed by atoms with Gasteiger partial charge < -0.3 is 10.2 Å². The zero-order valence-corrected chi connectivity index (χ0v) is 13.3. The van der Waals surface area contributed by atoms with Crippen molar-refractivity contribution in [3.63, 3.8) is 0 Å². The fourth-order valence-electron chi connectivity index (χ4n) is 1.90. The van der Waals surface area contributed by atoms with Crippen LogP contribution in [0.2, 0.25) is 0 Å². The van der Waals surface area contributed by atoms with Crippen molar-refractivity contribution in [3.8, 4) is 0 Å².